The number of carbonyl (C=O) groups is 1. The molecular formula is C17H17BrN2O2. The third kappa shape index (κ3) is 5.26. The van der Waals surface area contributed by atoms with Crippen LogP contribution in [0.15, 0.2) is 65.7 Å². The zero-order valence-electron chi connectivity index (χ0n) is 12.0. The highest BCUT2D eigenvalue weighted by Crippen LogP contribution is 2.17. The maximum absolute atomic E-state index is 11.9. The Hall–Kier alpha value is -2.27. The molecule has 0 bridgehead atoms. The van der Waals surface area contributed by atoms with E-state index in [0.717, 1.165) is 21.6 Å². The van der Waals surface area contributed by atoms with Crippen LogP contribution in [0.5, 0.6) is 5.75 Å². The van der Waals surface area contributed by atoms with Gasteiger partial charge in [0.2, 0.25) is 5.91 Å². The highest BCUT2D eigenvalue weighted by atomic mass is 79.9. The molecule has 0 aliphatic rings. The average Bonchev–Trinajstić information content (AvgIpc) is 2.52. The molecule has 0 saturated carbocycles. The van der Waals surface area contributed by atoms with Crippen molar-refractivity contribution in [1.29, 1.82) is 0 Å². The van der Waals surface area contributed by atoms with E-state index in [0.29, 0.717) is 6.61 Å². The summed E-state index contributed by atoms with van der Waals surface area (Å²) in [5.74, 6) is 0.661. The van der Waals surface area contributed by atoms with Crippen LogP contribution in [0.2, 0.25) is 0 Å². The van der Waals surface area contributed by atoms with E-state index in [-0.39, 0.29) is 12.5 Å². The van der Waals surface area contributed by atoms with Crippen molar-refractivity contribution < 1.29 is 9.53 Å². The highest BCUT2D eigenvalue weighted by Gasteiger charge is 2.03. The van der Waals surface area contributed by atoms with Gasteiger partial charge in [-0.2, -0.15) is 0 Å². The number of halogens is 1. The second-order valence-corrected chi connectivity index (χ2v) is 5.45. The molecule has 5 heteroatoms. The Labute approximate surface area is 138 Å². The number of hydrogen-bond acceptors (Lipinski definition) is 3. The summed E-state index contributed by atoms with van der Waals surface area (Å²) in [6.07, 6.45) is 1.69. The molecule has 0 aliphatic heterocycles. The minimum Gasteiger partial charge on any atom is -0.490 e. The summed E-state index contributed by atoms with van der Waals surface area (Å²) in [6, 6.07) is 14.9. The first-order chi connectivity index (χ1) is 10.7. The van der Waals surface area contributed by atoms with Crippen LogP contribution in [0, 0.1) is 0 Å². The zero-order chi connectivity index (χ0) is 15.8. The molecule has 0 aromatic heterocycles. The first kappa shape index (κ1) is 16.1. The molecule has 0 radical (unpaired) electrons. The fourth-order valence-electron chi connectivity index (χ4n) is 1.78. The van der Waals surface area contributed by atoms with Gasteiger partial charge >= 0.3 is 0 Å². The molecule has 0 spiro atoms. The van der Waals surface area contributed by atoms with Gasteiger partial charge in [0, 0.05) is 15.8 Å². The number of carbonyl (C=O) groups excluding carboxylic acids is 1. The van der Waals surface area contributed by atoms with Crippen molar-refractivity contribution in [1.82, 2.24) is 0 Å². The topological polar surface area (TPSA) is 50.4 Å². The van der Waals surface area contributed by atoms with Crippen LogP contribution in [0.25, 0.3) is 0 Å². The van der Waals surface area contributed by atoms with E-state index >= 15 is 0 Å². The SMILES string of the molecule is C=CCOc1ccc(NCC(=O)Nc2cccc(Br)c2)cc1. The van der Waals surface area contributed by atoms with Crippen LogP contribution in [-0.2, 0) is 4.79 Å². The van der Waals surface area contributed by atoms with Gasteiger partial charge in [0.1, 0.15) is 12.4 Å². The molecule has 0 aliphatic carbocycles. The quantitative estimate of drug-likeness (QED) is 0.731. The molecule has 2 aromatic rings. The maximum atomic E-state index is 11.9. The molecule has 1 amide bonds. The van der Waals surface area contributed by atoms with Crippen LogP contribution in [0.4, 0.5) is 11.4 Å². The largest absolute Gasteiger partial charge is 0.490 e. The van der Waals surface area contributed by atoms with Crippen LogP contribution < -0.4 is 15.4 Å². The molecule has 2 rings (SSSR count). The van der Waals surface area contributed by atoms with Gasteiger partial charge in [-0.3, -0.25) is 4.79 Å². The van der Waals surface area contributed by atoms with Crippen LogP contribution in [0.1, 0.15) is 0 Å². The van der Waals surface area contributed by atoms with E-state index in [2.05, 4.69) is 33.1 Å². The summed E-state index contributed by atoms with van der Waals surface area (Å²) < 4.78 is 6.32. The van der Waals surface area contributed by atoms with Crippen molar-refractivity contribution in [2.75, 3.05) is 23.8 Å². The van der Waals surface area contributed by atoms with E-state index in [1.807, 2.05) is 48.5 Å². The van der Waals surface area contributed by atoms with Crippen molar-refractivity contribution in [3.8, 4) is 5.75 Å². The van der Waals surface area contributed by atoms with E-state index in [9.17, 15) is 4.79 Å². The lowest BCUT2D eigenvalue weighted by atomic mass is 10.3. The summed E-state index contributed by atoms with van der Waals surface area (Å²) in [7, 11) is 0. The zero-order valence-corrected chi connectivity index (χ0v) is 13.6. The highest BCUT2D eigenvalue weighted by molar-refractivity contribution is 9.10. The van der Waals surface area contributed by atoms with Crippen molar-refractivity contribution in [2.24, 2.45) is 0 Å². The Morgan fingerprint density at radius 2 is 1.95 bits per heavy atom. The monoisotopic (exact) mass is 360 g/mol. The summed E-state index contributed by atoms with van der Waals surface area (Å²) in [5, 5.41) is 5.89. The van der Waals surface area contributed by atoms with E-state index in [1.165, 1.54) is 0 Å². The van der Waals surface area contributed by atoms with Crippen molar-refractivity contribution >= 4 is 33.2 Å². The smallest absolute Gasteiger partial charge is 0.243 e. The molecular weight excluding hydrogens is 344 g/mol. The van der Waals surface area contributed by atoms with Crippen molar-refractivity contribution in [2.45, 2.75) is 0 Å². The lowest BCUT2D eigenvalue weighted by molar-refractivity contribution is -0.114. The third-order valence-electron chi connectivity index (χ3n) is 2.78. The predicted octanol–water partition coefficient (Wildman–Crippen LogP) is 4.06. The van der Waals surface area contributed by atoms with E-state index in [1.54, 1.807) is 6.08 Å². The minimum absolute atomic E-state index is 0.106. The maximum Gasteiger partial charge on any atom is 0.243 e. The Morgan fingerprint density at radius 1 is 1.18 bits per heavy atom. The predicted molar refractivity (Wildman–Crippen MR) is 93.4 cm³/mol. The Balaban J connectivity index is 1.82. The molecule has 0 unspecified atom stereocenters. The molecule has 4 nitrogen and oxygen atoms in total. The number of anilines is 2. The average molecular weight is 361 g/mol. The summed E-state index contributed by atoms with van der Waals surface area (Å²) in [4.78, 5) is 11.9. The number of hydrogen-bond donors (Lipinski definition) is 2. The number of nitrogens with one attached hydrogen (secondary N) is 2. The number of benzene rings is 2. The molecule has 2 N–H and O–H groups in total. The minimum atomic E-state index is -0.106. The van der Waals surface area contributed by atoms with Gasteiger partial charge in [0.25, 0.3) is 0 Å². The van der Waals surface area contributed by atoms with Crippen molar-refractivity contribution in [3.63, 3.8) is 0 Å². The first-order valence-electron chi connectivity index (χ1n) is 6.80. The molecule has 0 fully saturated rings. The number of rotatable bonds is 7. The Bertz CT molecular complexity index is 641. The second-order valence-electron chi connectivity index (χ2n) is 4.54. The molecule has 114 valence electrons. The molecule has 0 heterocycles. The van der Waals surface area contributed by atoms with Crippen LogP contribution >= 0.6 is 15.9 Å². The normalized spacial score (nSPS) is 9.86. The van der Waals surface area contributed by atoms with Crippen LogP contribution in [0.3, 0.4) is 0 Å². The van der Waals surface area contributed by atoms with Gasteiger partial charge < -0.3 is 15.4 Å². The summed E-state index contributed by atoms with van der Waals surface area (Å²) >= 11 is 3.37. The van der Waals surface area contributed by atoms with Gasteiger partial charge in [-0.25, -0.2) is 0 Å². The number of amides is 1. The second kappa shape index (κ2) is 8.24. The van der Waals surface area contributed by atoms with Crippen molar-refractivity contribution in [3.05, 3.63) is 65.7 Å². The van der Waals surface area contributed by atoms with Gasteiger partial charge in [-0.1, -0.05) is 34.7 Å². The standard InChI is InChI=1S/C17H17BrN2O2/c1-2-10-22-16-8-6-14(7-9-16)19-12-17(21)20-15-5-3-4-13(18)11-15/h2-9,11,19H,1,10,12H2,(H,20,21). The van der Waals surface area contributed by atoms with E-state index < -0.39 is 0 Å². The third-order valence-corrected chi connectivity index (χ3v) is 3.28. The fraction of sp³-hybridized carbons (Fsp3) is 0.118. The lowest BCUT2D eigenvalue weighted by Crippen LogP contribution is -2.21. The molecule has 22 heavy (non-hydrogen) atoms. The van der Waals surface area contributed by atoms with Crippen LogP contribution in [-0.4, -0.2) is 19.1 Å². The number of ether oxygens (including phenoxy) is 1. The molecule has 2 aromatic carbocycles. The Kier molecular flexibility index (Phi) is 6.03. The Morgan fingerprint density at radius 3 is 2.64 bits per heavy atom. The molecule has 0 atom stereocenters. The van der Waals surface area contributed by atoms with Gasteiger partial charge in [0.05, 0.1) is 6.54 Å². The lowest BCUT2D eigenvalue weighted by Gasteiger charge is -2.09. The van der Waals surface area contributed by atoms with E-state index in [4.69, 9.17) is 4.74 Å². The first-order valence-corrected chi connectivity index (χ1v) is 7.60. The van der Waals surface area contributed by atoms with Gasteiger partial charge in [0.15, 0.2) is 0 Å². The van der Waals surface area contributed by atoms with Gasteiger partial charge in [-0.15, -0.1) is 0 Å². The fourth-order valence-corrected chi connectivity index (χ4v) is 2.18. The summed E-state index contributed by atoms with van der Waals surface area (Å²) in [6.45, 7) is 4.27. The van der Waals surface area contributed by atoms with Gasteiger partial charge in [-0.05, 0) is 42.5 Å². The molecule has 0 saturated heterocycles. The summed E-state index contributed by atoms with van der Waals surface area (Å²) in [5.41, 5.74) is 1.62.